The number of amidine groups is 1. The molecule has 1 fully saturated rings. The molecule has 1 aliphatic heterocycles. The van der Waals surface area contributed by atoms with E-state index in [2.05, 4.69) is 26.0 Å². The highest BCUT2D eigenvalue weighted by atomic mass is 19.1. The first-order chi connectivity index (χ1) is 25.8. The van der Waals surface area contributed by atoms with E-state index in [4.69, 9.17) is 28.7 Å². The molecular weight excluding hydrogens is 693 g/mol. The summed E-state index contributed by atoms with van der Waals surface area (Å²) in [6.07, 6.45) is 2.05. The number of carbonyl (C=O) groups excluding carboxylic acids is 1. The Balaban J connectivity index is 0.000000998. The van der Waals surface area contributed by atoms with Gasteiger partial charge >= 0.3 is 0 Å². The van der Waals surface area contributed by atoms with Gasteiger partial charge in [0.15, 0.2) is 5.84 Å². The second-order valence-corrected chi connectivity index (χ2v) is 11.4. The number of nitrogens with one attached hydrogen (secondary N) is 2. The third-order valence-corrected chi connectivity index (χ3v) is 7.68. The number of hydrogen-bond donors (Lipinski definition) is 2. The van der Waals surface area contributed by atoms with Gasteiger partial charge in [0.05, 0.1) is 36.9 Å². The van der Waals surface area contributed by atoms with Gasteiger partial charge in [0.25, 0.3) is 5.88 Å². The van der Waals surface area contributed by atoms with Gasteiger partial charge in [-0.2, -0.15) is 5.26 Å². The van der Waals surface area contributed by atoms with Gasteiger partial charge in [-0.25, -0.2) is 18.2 Å². The molecule has 5 aromatic rings. The average molecular weight is 729 g/mol. The topological polar surface area (TPSA) is 153 Å². The molecule has 6 rings (SSSR count). The SMILES string of the molecule is C1CCOC1.CN=C(NNC(=O)Cc1cc(F)c(-c2cccc(OCc3ccc(C#N)cc3F)n2)cc1F)c1cc(OCc2ccc(OC)cc2)no1. The van der Waals surface area contributed by atoms with Crippen LogP contribution >= 0.6 is 0 Å². The van der Waals surface area contributed by atoms with Crippen molar-refractivity contribution in [3.8, 4) is 34.8 Å². The maximum Gasteiger partial charge on any atom is 0.255 e. The Labute approximate surface area is 303 Å². The zero-order valence-corrected chi connectivity index (χ0v) is 28.8. The van der Waals surface area contributed by atoms with Crippen LogP contribution in [0.25, 0.3) is 11.3 Å². The van der Waals surface area contributed by atoms with Crippen molar-refractivity contribution in [1.82, 2.24) is 21.0 Å². The first kappa shape index (κ1) is 37.8. The van der Waals surface area contributed by atoms with Crippen LogP contribution in [0, 0.1) is 28.8 Å². The Morgan fingerprint density at radius 1 is 0.887 bits per heavy atom. The normalized spacial score (nSPS) is 12.3. The largest absolute Gasteiger partial charge is 0.497 e. The van der Waals surface area contributed by atoms with Gasteiger partial charge in [-0.3, -0.25) is 20.6 Å². The third-order valence-electron chi connectivity index (χ3n) is 7.68. The molecule has 0 unspecified atom stereocenters. The first-order valence-corrected chi connectivity index (χ1v) is 16.3. The summed E-state index contributed by atoms with van der Waals surface area (Å²) >= 11 is 0. The molecule has 1 aliphatic rings. The fraction of sp³-hybridized carbons (Fsp3) is 0.237. The lowest BCUT2D eigenvalue weighted by Gasteiger charge is -2.11. The number of methoxy groups -OCH3 is 1. The number of amides is 1. The Morgan fingerprint density at radius 3 is 2.32 bits per heavy atom. The second kappa shape index (κ2) is 18.7. The zero-order valence-electron chi connectivity index (χ0n) is 28.8. The van der Waals surface area contributed by atoms with E-state index < -0.39 is 29.8 Å². The quantitative estimate of drug-likeness (QED) is 0.0910. The molecule has 53 heavy (non-hydrogen) atoms. The zero-order chi connectivity index (χ0) is 37.6. The summed E-state index contributed by atoms with van der Waals surface area (Å²) in [6.45, 7) is 2.02. The molecule has 1 amide bonds. The summed E-state index contributed by atoms with van der Waals surface area (Å²) in [5, 5.41) is 12.7. The maximum atomic E-state index is 15.1. The highest BCUT2D eigenvalue weighted by Crippen LogP contribution is 2.27. The Morgan fingerprint density at radius 2 is 1.64 bits per heavy atom. The van der Waals surface area contributed by atoms with Crippen molar-refractivity contribution in [3.05, 3.63) is 124 Å². The second-order valence-electron chi connectivity index (χ2n) is 11.4. The number of hydrazine groups is 1. The van der Waals surface area contributed by atoms with Crippen LogP contribution in [0.1, 0.15) is 40.9 Å². The van der Waals surface area contributed by atoms with Gasteiger partial charge in [-0.15, -0.1) is 0 Å². The number of halogens is 3. The number of ether oxygens (including phenoxy) is 4. The number of hydrogen-bond acceptors (Lipinski definition) is 10. The molecule has 0 atom stereocenters. The van der Waals surface area contributed by atoms with E-state index in [1.165, 1.54) is 56.3 Å². The monoisotopic (exact) mass is 728 g/mol. The molecule has 274 valence electrons. The molecule has 0 aliphatic carbocycles. The fourth-order valence-corrected chi connectivity index (χ4v) is 4.85. The van der Waals surface area contributed by atoms with Gasteiger partial charge in [0, 0.05) is 43.0 Å². The molecule has 2 aromatic heterocycles. The molecule has 0 saturated carbocycles. The molecule has 2 N–H and O–H groups in total. The minimum absolute atomic E-state index is 0.0432. The molecule has 15 heteroatoms. The van der Waals surface area contributed by atoms with E-state index in [9.17, 15) is 9.18 Å². The molecule has 3 heterocycles. The molecule has 0 spiro atoms. The molecule has 12 nitrogen and oxygen atoms in total. The van der Waals surface area contributed by atoms with E-state index in [1.807, 2.05) is 18.2 Å². The highest BCUT2D eigenvalue weighted by molar-refractivity contribution is 5.97. The minimum Gasteiger partial charge on any atom is -0.497 e. The number of rotatable bonds is 11. The van der Waals surface area contributed by atoms with E-state index in [0.717, 1.165) is 37.0 Å². The van der Waals surface area contributed by atoms with Crippen molar-refractivity contribution < 1.29 is 41.4 Å². The summed E-state index contributed by atoms with van der Waals surface area (Å²) in [5.74, 6) is -1.78. The summed E-state index contributed by atoms with van der Waals surface area (Å²) < 4.78 is 70.9. The maximum absolute atomic E-state index is 15.1. The van der Waals surface area contributed by atoms with Crippen molar-refractivity contribution >= 4 is 11.7 Å². The first-order valence-electron chi connectivity index (χ1n) is 16.3. The average Bonchev–Trinajstić information content (AvgIpc) is 3.92. The Bertz CT molecular complexity index is 2070. The van der Waals surface area contributed by atoms with Crippen LogP contribution in [0.2, 0.25) is 0 Å². The van der Waals surface area contributed by atoms with Crippen molar-refractivity contribution in [2.45, 2.75) is 32.5 Å². The predicted molar refractivity (Wildman–Crippen MR) is 186 cm³/mol. The molecule has 0 radical (unpaired) electrons. The highest BCUT2D eigenvalue weighted by Gasteiger charge is 2.18. The molecule has 1 saturated heterocycles. The third kappa shape index (κ3) is 10.8. The summed E-state index contributed by atoms with van der Waals surface area (Å²) in [6, 6.07) is 20.8. The molecule has 3 aromatic carbocycles. The number of nitriles is 1. The predicted octanol–water partition coefficient (Wildman–Crippen LogP) is 6.23. The van der Waals surface area contributed by atoms with E-state index in [-0.39, 0.29) is 64.5 Å². The van der Waals surface area contributed by atoms with Crippen LogP contribution in [-0.4, -0.2) is 49.3 Å². The molecule has 0 bridgehead atoms. The standard InChI is InChI=1S/C34H27F3N6O5.C4H8O/c1-39-34(30-16-33(43-48-30)46-18-20-7-10-24(45-2)11-8-20)42-41-31(44)14-23-13-28(37)25(15-27(23)36)29-4-3-5-32(40-29)47-19-22-9-6-21(17-38)12-26(22)35;1-2-4-5-3-1/h3-13,15-16H,14,18-19H2,1-2H3,(H,39,42)(H,41,44);1-4H2. The van der Waals surface area contributed by atoms with Crippen LogP contribution in [0.3, 0.4) is 0 Å². The number of pyridine rings is 1. The minimum atomic E-state index is -0.840. The Hall–Kier alpha value is -6.40. The van der Waals surface area contributed by atoms with Crippen LogP contribution in [0.15, 0.2) is 88.4 Å². The number of aliphatic imine (C=N–C) groups is 1. The van der Waals surface area contributed by atoms with Crippen LogP contribution in [0.5, 0.6) is 17.5 Å². The number of carbonyl (C=O) groups is 1. The van der Waals surface area contributed by atoms with Gasteiger partial charge < -0.3 is 23.5 Å². The summed E-state index contributed by atoms with van der Waals surface area (Å²) in [5.41, 5.74) is 5.88. The Kier molecular flexibility index (Phi) is 13.4. The molecular formula is C38H35F3N6O6. The smallest absolute Gasteiger partial charge is 0.255 e. The lowest BCUT2D eigenvalue weighted by Crippen LogP contribution is -2.42. The van der Waals surface area contributed by atoms with Gasteiger partial charge in [-0.05, 0) is 66.0 Å². The number of aromatic nitrogens is 2. The summed E-state index contributed by atoms with van der Waals surface area (Å²) in [7, 11) is 3.02. The van der Waals surface area contributed by atoms with Gasteiger partial charge in [0.1, 0.15) is 36.4 Å². The van der Waals surface area contributed by atoms with Crippen molar-refractivity contribution in [2.24, 2.45) is 4.99 Å². The van der Waals surface area contributed by atoms with Crippen LogP contribution in [-0.2, 0) is 29.2 Å². The van der Waals surface area contributed by atoms with Crippen molar-refractivity contribution in [1.29, 1.82) is 5.26 Å². The van der Waals surface area contributed by atoms with Gasteiger partial charge in [0.2, 0.25) is 17.5 Å². The van der Waals surface area contributed by atoms with Crippen LogP contribution in [0.4, 0.5) is 13.2 Å². The van der Waals surface area contributed by atoms with Crippen molar-refractivity contribution in [3.63, 3.8) is 0 Å². The number of benzene rings is 3. The lowest BCUT2D eigenvalue weighted by atomic mass is 10.0. The lowest BCUT2D eigenvalue weighted by molar-refractivity contribution is -0.121. The van der Waals surface area contributed by atoms with E-state index in [0.29, 0.717) is 5.75 Å². The van der Waals surface area contributed by atoms with Gasteiger partial charge in [-0.1, -0.05) is 24.3 Å². The van der Waals surface area contributed by atoms with Crippen molar-refractivity contribution in [2.75, 3.05) is 27.4 Å². The van der Waals surface area contributed by atoms with E-state index >= 15 is 8.78 Å². The summed E-state index contributed by atoms with van der Waals surface area (Å²) in [4.78, 5) is 20.8. The fourth-order valence-electron chi connectivity index (χ4n) is 4.85. The number of nitrogens with zero attached hydrogens (tertiary/aromatic N) is 4. The van der Waals surface area contributed by atoms with E-state index in [1.54, 1.807) is 19.2 Å². The van der Waals surface area contributed by atoms with Crippen LogP contribution < -0.4 is 25.1 Å².